The van der Waals surface area contributed by atoms with Gasteiger partial charge in [0.25, 0.3) is 0 Å². The zero-order chi connectivity index (χ0) is 19.1. The van der Waals surface area contributed by atoms with Crippen LogP contribution in [0.15, 0.2) is 42.5 Å². The van der Waals surface area contributed by atoms with Crippen molar-refractivity contribution in [3.05, 3.63) is 48.0 Å². The van der Waals surface area contributed by atoms with Gasteiger partial charge < -0.3 is 14.8 Å². The van der Waals surface area contributed by atoms with Crippen molar-refractivity contribution >= 4 is 32.6 Å². The molecule has 27 heavy (non-hydrogen) atoms. The summed E-state index contributed by atoms with van der Waals surface area (Å²) in [5, 5.41) is 3.48. The maximum absolute atomic E-state index is 12.1. The molecule has 1 amide bonds. The third-order valence-electron chi connectivity index (χ3n) is 4.07. The number of carbonyl (C=O) groups excluding carboxylic acids is 1. The predicted octanol–water partition coefficient (Wildman–Crippen LogP) is 5.06. The minimum Gasteiger partial charge on any atom is -0.494 e. The molecule has 0 saturated heterocycles. The summed E-state index contributed by atoms with van der Waals surface area (Å²) in [5.41, 5.74) is 2.14. The van der Waals surface area contributed by atoms with E-state index in [1.54, 1.807) is 0 Å². The third-order valence-corrected chi connectivity index (χ3v) is 5.00. The summed E-state index contributed by atoms with van der Waals surface area (Å²) < 4.78 is 12.2. The SMILES string of the molecule is CCOc1ccc2nc(NC(=O)CCCOc3ccc(CC)cc3)sc2c1. The lowest BCUT2D eigenvalue weighted by Crippen LogP contribution is -2.12. The Bertz CT molecular complexity index is 890. The van der Waals surface area contributed by atoms with Crippen LogP contribution in [0.1, 0.15) is 32.3 Å². The smallest absolute Gasteiger partial charge is 0.226 e. The molecule has 3 aromatic rings. The Morgan fingerprint density at radius 1 is 1.07 bits per heavy atom. The number of rotatable bonds is 9. The fourth-order valence-electron chi connectivity index (χ4n) is 2.64. The number of nitrogens with zero attached hydrogens (tertiary/aromatic N) is 1. The molecule has 2 aromatic carbocycles. The highest BCUT2D eigenvalue weighted by Gasteiger charge is 2.09. The molecule has 0 bridgehead atoms. The lowest BCUT2D eigenvalue weighted by atomic mass is 10.2. The van der Waals surface area contributed by atoms with E-state index in [2.05, 4.69) is 29.4 Å². The van der Waals surface area contributed by atoms with Gasteiger partial charge in [-0.2, -0.15) is 0 Å². The van der Waals surface area contributed by atoms with E-state index in [1.807, 2.05) is 37.3 Å². The maximum Gasteiger partial charge on any atom is 0.226 e. The fourth-order valence-corrected chi connectivity index (χ4v) is 3.55. The normalized spacial score (nSPS) is 10.7. The Kier molecular flexibility index (Phi) is 6.65. The minimum absolute atomic E-state index is 0.0518. The molecule has 1 heterocycles. The van der Waals surface area contributed by atoms with Gasteiger partial charge in [-0.1, -0.05) is 30.4 Å². The number of nitrogens with one attached hydrogen (secondary N) is 1. The molecule has 1 N–H and O–H groups in total. The molecule has 3 rings (SSSR count). The Balaban J connectivity index is 1.45. The maximum atomic E-state index is 12.1. The molecule has 0 saturated carbocycles. The monoisotopic (exact) mass is 384 g/mol. The van der Waals surface area contributed by atoms with Gasteiger partial charge in [-0.25, -0.2) is 4.98 Å². The Hall–Kier alpha value is -2.60. The molecular weight excluding hydrogens is 360 g/mol. The first kappa shape index (κ1) is 19.2. The molecule has 5 nitrogen and oxygen atoms in total. The fraction of sp³-hybridized carbons (Fsp3) is 0.333. The summed E-state index contributed by atoms with van der Waals surface area (Å²) in [6.45, 7) is 5.21. The molecule has 6 heteroatoms. The van der Waals surface area contributed by atoms with E-state index in [0.29, 0.717) is 31.2 Å². The van der Waals surface area contributed by atoms with Crippen LogP contribution in [0.5, 0.6) is 11.5 Å². The molecule has 0 radical (unpaired) electrons. The summed E-state index contributed by atoms with van der Waals surface area (Å²) in [6, 6.07) is 13.8. The van der Waals surface area contributed by atoms with E-state index in [4.69, 9.17) is 9.47 Å². The van der Waals surface area contributed by atoms with Crippen LogP contribution in [0.3, 0.4) is 0 Å². The second kappa shape index (κ2) is 9.37. The first-order valence-corrected chi connectivity index (χ1v) is 10.0. The highest BCUT2D eigenvalue weighted by atomic mass is 32.1. The Labute approximate surface area is 163 Å². The molecule has 0 atom stereocenters. The highest BCUT2D eigenvalue weighted by molar-refractivity contribution is 7.22. The van der Waals surface area contributed by atoms with Crippen molar-refractivity contribution in [3.63, 3.8) is 0 Å². The number of amides is 1. The number of aryl methyl sites for hydroxylation is 1. The van der Waals surface area contributed by atoms with Crippen LogP contribution in [0.2, 0.25) is 0 Å². The molecule has 0 aliphatic heterocycles. The Morgan fingerprint density at radius 2 is 1.85 bits per heavy atom. The van der Waals surface area contributed by atoms with E-state index < -0.39 is 0 Å². The number of thiazole rings is 1. The zero-order valence-corrected chi connectivity index (χ0v) is 16.5. The number of ether oxygens (including phenoxy) is 2. The van der Waals surface area contributed by atoms with Gasteiger partial charge in [-0.05, 0) is 55.7 Å². The van der Waals surface area contributed by atoms with Crippen LogP contribution in [0.25, 0.3) is 10.2 Å². The van der Waals surface area contributed by atoms with E-state index in [1.165, 1.54) is 16.9 Å². The number of hydrogen-bond donors (Lipinski definition) is 1. The van der Waals surface area contributed by atoms with Crippen LogP contribution in [0, 0.1) is 0 Å². The van der Waals surface area contributed by atoms with Crippen molar-refractivity contribution < 1.29 is 14.3 Å². The van der Waals surface area contributed by atoms with Crippen LogP contribution in [-0.2, 0) is 11.2 Å². The van der Waals surface area contributed by atoms with Crippen molar-refractivity contribution in [1.29, 1.82) is 0 Å². The van der Waals surface area contributed by atoms with Crippen molar-refractivity contribution in [2.75, 3.05) is 18.5 Å². The van der Waals surface area contributed by atoms with E-state index >= 15 is 0 Å². The summed E-state index contributed by atoms with van der Waals surface area (Å²) in [4.78, 5) is 16.6. The summed E-state index contributed by atoms with van der Waals surface area (Å²) in [7, 11) is 0. The molecule has 0 aliphatic carbocycles. The van der Waals surface area contributed by atoms with Gasteiger partial charge in [0.15, 0.2) is 5.13 Å². The number of benzene rings is 2. The molecule has 0 fully saturated rings. The summed E-state index contributed by atoms with van der Waals surface area (Å²) >= 11 is 1.45. The largest absolute Gasteiger partial charge is 0.494 e. The van der Waals surface area contributed by atoms with Gasteiger partial charge in [0.1, 0.15) is 11.5 Å². The van der Waals surface area contributed by atoms with Gasteiger partial charge in [-0.15, -0.1) is 0 Å². The number of anilines is 1. The number of hydrogen-bond acceptors (Lipinski definition) is 5. The van der Waals surface area contributed by atoms with Crippen LogP contribution in [-0.4, -0.2) is 24.1 Å². The van der Waals surface area contributed by atoms with E-state index in [0.717, 1.165) is 28.1 Å². The van der Waals surface area contributed by atoms with Crippen molar-refractivity contribution in [2.24, 2.45) is 0 Å². The minimum atomic E-state index is -0.0518. The third kappa shape index (κ3) is 5.44. The topological polar surface area (TPSA) is 60.5 Å². The lowest BCUT2D eigenvalue weighted by molar-refractivity contribution is -0.116. The average molecular weight is 385 g/mol. The van der Waals surface area contributed by atoms with Crippen molar-refractivity contribution in [1.82, 2.24) is 4.98 Å². The molecule has 0 aliphatic rings. The number of aromatic nitrogens is 1. The summed E-state index contributed by atoms with van der Waals surface area (Å²) in [5.74, 6) is 1.60. The van der Waals surface area contributed by atoms with Crippen molar-refractivity contribution in [2.45, 2.75) is 33.1 Å². The molecule has 0 unspecified atom stereocenters. The molecule has 142 valence electrons. The number of carbonyl (C=O) groups is 1. The molecule has 1 aromatic heterocycles. The second-order valence-electron chi connectivity index (χ2n) is 6.08. The quantitative estimate of drug-likeness (QED) is 0.524. The van der Waals surface area contributed by atoms with Gasteiger partial charge in [0.2, 0.25) is 5.91 Å². The van der Waals surface area contributed by atoms with Gasteiger partial charge in [0, 0.05) is 6.42 Å². The highest BCUT2D eigenvalue weighted by Crippen LogP contribution is 2.29. The molecule has 0 spiro atoms. The van der Waals surface area contributed by atoms with Crippen LogP contribution < -0.4 is 14.8 Å². The average Bonchev–Trinajstić information content (AvgIpc) is 3.07. The number of fused-ring (bicyclic) bond motifs is 1. The van der Waals surface area contributed by atoms with Crippen LogP contribution >= 0.6 is 11.3 Å². The van der Waals surface area contributed by atoms with E-state index in [-0.39, 0.29) is 5.91 Å². The second-order valence-corrected chi connectivity index (χ2v) is 7.11. The van der Waals surface area contributed by atoms with Crippen molar-refractivity contribution in [3.8, 4) is 11.5 Å². The van der Waals surface area contributed by atoms with Gasteiger partial charge >= 0.3 is 0 Å². The van der Waals surface area contributed by atoms with Crippen LogP contribution in [0.4, 0.5) is 5.13 Å². The first-order valence-electron chi connectivity index (χ1n) is 9.23. The van der Waals surface area contributed by atoms with Gasteiger partial charge in [-0.3, -0.25) is 4.79 Å². The predicted molar refractivity (Wildman–Crippen MR) is 110 cm³/mol. The zero-order valence-electron chi connectivity index (χ0n) is 15.7. The van der Waals surface area contributed by atoms with Gasteiger partial charge in [0.05, 0.1) is 23.4 Å². The standard InChI is InChI=1S/C21H24N2O3S/c1-3-15-7-9-16(10-8-15)26-13-5-6-20(24)23-21-22-18-12-11-17(25-4-2)14-19(18)27-21/h7-12,14H,3-6,13H2,1-2H3,(H,22,23,24). The van der Waals surface area contributed by atoms with E-state index in [9.17, 15) is 4.79 Å². The summed E-state index contributed by atoms with van der Waals surface area (Å²) in [6.07, 6.45) is 2.06. The first-order chi connectivity index (χ1) is 13.2. The molecular formula is C21H24N2O3S. The Morgan fingerprint density at radius 3 is 2.59 bits per heavy atom. The lowest BCUT2D eigenvalue weighted by Gasteiger charge is -2.06.